The van der Waals surface area contributed by atoms with Crippen LogP contribution in [0.4, 0.5) is 0 Å². The first-order valence-corrected chi connectivity index (χ1v) is 8.01. The van der Waals surface area contributed by atoms with Crippen molar-refractivity contribution in [3.8, 4) is 5.82 Å². The number of hydrogen-bond donors (Lipinski definition) is 1. The SMILES string of the molecule is O=C(N[C@H]1CCCc2ccccc21)c1ccc(-n2cnnc2)nc1. The molecule has 6 heteroatoms. The summed E-state index contributed by atoms with van der Waals surface area (Å²) in [4.78, 5) is 16.8. The Balaban J connectivity index is 1.51. The number of aromatic nitrogens is 4. The highest BCUT2D eigenvalue weighted by molar-refractivity contribution is 5.94. The van der Waals surface area contributed by atoms with Crippen molar-refractivity contribution in [2.75, 3.05) is 0 Å². The van der Waals surface area contributed by atoms with E-state index < -0.39 is 0 Å². The van der Waals surface area contributed by atoms with E-state index in [1.165, 1.54) is 11.1 Å². The van der Waals surface area contributed by atoms with Crippen LogP contribution in [0.3, 0.4) is 0 Å². The minimum atomic E-state index is -0.0977. The number of nitrogens with one attached hydrogen (secondary N) is 1. The molecule has 2 heterocycles. The van der Waals surface area contributed by atoms with Gasteiger partial charge in [-0.3, -0.25) is 9.36 Å². The largest absolute Gasteiger partial charge is 0.345 e. The molecule has 120 valence electrons. The number of benzene rings is 1. The van der Waals surface area contributed by atoms with Gasteiger partial charge in [0.2, 0.25) is 0 Å². The standard InChI is InChI=1S/C18H17N5O/c24-18(14-8-9-17(19-10-14)23-11-20-21-12-23)22-16-7-3-5-13-4-1-2-6-15(13)16/h1-2,4,6,8-12,16H,3,5,7H2,(H,22,24)/t16-/m0/s1. The van der Waals surface area contributed by atoms with Crippen LogP contribution in [0, 0.1) is 0 Å². The van der Waals surface area contributed by atoms with Crippen molar-refractivity contribution >= 4 is 5.91 Å². The molecule has 0 bridgehead atoms. The molecular formula is C18H17N5O. The van der Waals surface area contributed by atoms with Crippen LogP contribution in [0.5, 0.6) is 0 Å². The quantitative estimate of drug-likeness (QED) is 0.805. The topological polar surface area (TPSA) is 72.7 Å². The molecule has 1 aliphatic rings. The molecule has 1 aliphatic carbocycles. The average Bonchev–Trinajstić information content (AvgIpc) is 3.17. The van der Waals surface area contributed by atoms with Crippen molar-refractivity contribution in [1.29, 1.82) is 0 Å². The highest BCUT2D eigenvalue weighted by Crippen LogP contribution is 2.29. The molecule has 0 aliphatic heterocycles. The Morgan fingerprint density at radius 1 is 1.12 bits per heavy atom. The van der Waals surface area contributed by atoms with Crippen molar-refractivity contribution < 1.29 is 4.79 Å². The van der Waals surface area contributed by atoms with Crippen molar-refractivity contribution in [2.24, 2.45) is 0 Å². The van der Waals surface area contributed by atoms with E-state index in [9.17, 15) is 4.79 Å². The lowest BCUT2D eigenvalue weighted by Gasteiger charge is -2.26. The Labute approximate surface area is 139 Å². The highest BCUT2D eigenvalue weighted by atomic mass is 16.1. The Morgan fingerprint density at radius 3 is 2.75 bits per heavy atom. The van der Waals surface area contributed by atoms with Gasteiger partial charge in [0, 0.05) is 6.20 Å². The highest BCUT2D eigenvalue weighted by Gasteiger charge is 2.21. The van der Waals surface area contributed by atoms with Gasteiger partial charge < -0.3 is 5.32 Å². The number of carbonyl (C=O) groups excluding carboxylic acids is 1. The lowest BCUT2D eigenvalue weighted by atomic mass is 9.87. The molecule has 3 aromatic rings. The zero-order valence-electron chi connectivity index (χ0n) is 13.1. The summed E-state index contributed by atoms with van der Waals surface area (Å²) in [6.07, 6.45) is 7.86. The van der Waals surface area contributed by atoms with Crippen LogP contribution in [-0.4, -0.2) is 25.7 Å². The van der Waals surface area contributed by atoms with Crippen LogP contribution in [0.2, 0.25) is 0 Å². The molecule has 0 spiro atoms. The van der Waals surface area contributed by atoms with Gasteiger partial charge in [-0.05, 0) is 42.5 Å². The predicted molar refractivity (Wildman–Crippen MR) is 88.7 cm³/mol. The summed E-state index contributed by atoms with van der Waals surface area (Å²) in [5.41, 5.74) is 3.11. The number of hydrogen-bond acceptors (Lipinski definition) is 4. The van der Waals surface area contributed by atoms with Gasteiger partial charge in [0.25, 0.3) is 5.91 Å². The zero-order valence-corrected chi connectivity index (χ0v) is 13.1. The van der Waals surface area contributed by atoms with Gasteiger partial charge in [-0.15, -0.1) is 10.2 Å². The maximum absolute atomic E-state index is 12.5. The second-order valence-electron chi connectivity index (χ2n) is 5.89. The van der Waals surface area contributed by atoms with E-state index in [4.69, 9.17) is 0 Å². The summed E-state index contributed by atoms with van der Waals surface area (Å²) in [5.74, 6) is 0.582. The van der Waals surface area contributed by atoms with Gasteiger partial charge >= 0.3 is 0 Å². The minimum Gasteiger partial charge on any atom is -0.345 e. The summed E-state index contributed by atoms with van der Waals surface area (Å²) >= 11 is 0. The molecule has 1 aromatic carbocycles. The second kappa shape index (κ2) is 6.23. The summed E-state index contributed by atoms with van der Waals surface area (Å²) in [5, 5.41) is 10.6. The Hall–Kier alpha value is -3.02. The number of rotatable bonds is 3. The maximum atomic E-state index is 12.5. The fraction of sp³-hybridized carbons (Fsp3) is 0.222. The molecule has 0 unspecified atom stereocenters. The third-order valence-electron chi connectivity index (χ3n) is 4.37. The summed E-state index contributed by atoms with van der Waals surface area (Å²) in [6, 6.07) is 11.9. The Kier molecular flexibility index (Phi) is 3.78. The number of nitrogens with zero attached hydrogens (tertiary/aromatic N) is 4. The van der Waals surface area contributed by atoms with Crippen molar-refractivity contribution in [3.05, 3.63) is 71.9 Å². The lowest BCUT2D eigenvalue weighted by Crippen LogP contribution is -2.31. The van der Waals surface area contributed by atoms with Crippen LogP contribution in [-0.2, 0) is 6.42 Å². The van der Waals surface area contributed by atoms with Gasteiger partial charge in [-0.2, -0.15) is 0 Å². The van der Waals surface area contributed by atoms with E-state index >= 15 is 0 Å². The first kappa shape index (κ1) is 14.6. The van der Waals surface area contributed by atoms with Crippen LogP contribution in [0.1, 0.15) is 40.4 Å². The van der Waals surface area contributed by atoms with Gasteiger partial charge in [-0.25, -0.2) is 4.98 Å². The number of pyridine rings is 1. The molecule has 24 heavy (non-hydrogen) atoms. The smallest absolute Gasteiger partial charge is 0.253 e. The van der Waals surface area contributed by atoms with Crippen molar-refractivity contribution in [2.45, 2.75) is 25.3 Å². The number of aryl methyl sites for hydroxylation is 1. The number of amides is 1. The number of carbonyl (C=O) groups is 1. The van der Waals surface area contributed by atoms with E-state index in [0.717, 1.165) is 19.3 Å². The summed E-state index contributed by atoms with van der Waals surface area (Å²) in [6.45, 7) is 0. The van der Waals surface area contributed by atoms with E-state index in [0.29, 0.717) is 11.4 Å². The van der Waals surface area contributed by atoms with Crippen LogP contribution >= 0.6 is 0 Å². The van der Waals surface area contributed by atoms with E-state index in [1.807, 2.05) is 6.07 Å². The molecule has 0 saturated carbocycles. The van der Waals surface area contributed by atoms with Crippen LogP contribution in [0.15, 0.2) is 55.2 Å². The van der Waals surface area contributed by atoms with E-state index in [1.54, 1.807) is 35.6 Å². The van der Waals surface area contributed by atoms with E-state index in [2.05, 4.69) is 38.7 Å². The third kappa shape index (κ3) is 2.78. The molecule has 0 saturated heterocycles. The van der Waals surface area contributed by atoms with Gasteiger partial charge in [-0.1, -0.05) is 24.3 Å². The third-order valence-corrected chi connectivity index (χ3v) is 4.37. The Bertz CT molecular complexity index is 842. The first-order chi connectivity index (χ1) is 11.8. The fourth-order valence-corrected chi connectivity index (χ4v) is 3.14. The molecule has 1 N–H and O–H groups in total. The van der Waals surface area contributed by atoms with Crippen molar-refractivity contribution in [1.82, 2.24) is 25.1 Å². The predicted octanol–water partition coefficient (Wildman–Crippen LogP) is 2.47. The molecule has 1 atom stereocenters. The summed E-state index contributed by atoms with van der Waals surface area (Å²) < 4.78 is 1.69. The molecule has 0 radical (unpaired) electrons. The monoisotopic (exact) mass is 319 g/mol. The first-order valence-electron chi connectivity index (χ1n) is 8.01. The minimum absolute atomic E-state index is 0.0694. The zero-order chi connectivity index (χ0) is 16.4. The van der Waals surface area contributed by atoms with Crippen LogP contribution in [0.25, 0.3) is 5.82 Å². The lowest BCUT2D eigenvalue weighted by molar-refractivity contribution is 0.0932. The Morgan fingerprint density at radius 2 is 1.96 bits per heavy atom. The number of fused-ring (bicyclic) bond motifs is 1. The fourth-order valence-electron chi connectivity index (χ4n) is 3.14. The maximum Gasteiger partial charge on any atom is 0.253 e. The van der Waals surface area contributed by atoms with Gasteiger partial charge in [0.1, 0.15) is 18.5 Å². The average molecular weight is 319 g/mol. The molecule has 1 amide bonds. The molecule has 2 aromatic heterocycles. The second-order valence-corrected chi connectivity index (χ2v) is 5.89. The molecular weight excluding hydrogens is 302 g/mol. The molecule has 0 fully saturated rings. The van der Waals surface area contributed by atoms with Gasteiger partial charge in [0.05, 0.1) is 11.6 Å². The van der Waals surface area contributed by atoms with Crippen molar-refractivity contribution in [3.63, 3.8) is 0 Å². The molecule has 4 rings (SSSR count). The summed E-state index contributed by atoms with van der Waals surface area (Å²) in [7, 11) is 0. The van der Waals surface area contributed by atoms with Crippen LogP contribution < -0.4 is 5.32 Å². The van der Waals surface area contributed by atoms with Gasteiger partial charge in [0.15, 0.2) is 0 Å². The molecule has 6 nitrogen and oxygen atoms in total. The van der Waals surface area contributed by atoms with E-state index in [-0.39, 0.29) is 11.9 Å². The normalized spacial score (nSPS) is 16.4.